The molecule has 9 nitrogen and oxygen atoms in total. The minimum Gasteiger partial charge on any atom is -0.454 e. The molecule has 220 valence electrons. The smallest absolute Gasteiger partial charge is 0.340 e. The van der Waals surface area contributed by atoms with E-state index >= 15 is 0 Å². The summed E-state index contributed by atoms with van der Waals surface area (Å²) in [6.45, 7) is 3.52. The molecular formula is C31H44N2O7. The van der Waals surface area contributed by atoms with Gasteiger partial charge in [-0.05, 0) is 44.4 Å². The first-order chi connectivity index (χ1) is 19.2. The first-order valence-electron chi connectivity index (χ1n) is 15.0. The maximum atomic E-state index is 13.9. The van der Waals surface area contributed by atoms with Crippen molar-refractivity contribution in [2.75, 3.05) is 46.8 Å². The fraction of sp³-hybridized carbons (Fsp3) is 0.774. The van der Waals surface area contributed by atoms with Crippen LogP contribution in [-0.2, 0) is 18.9 Å². The van der Waals surface area contributed by atoms with Gasteiger partial charge in [0, 0.05) is 82.2 Å². The number of para-hydroxylation sites is 1. The first-order valence-corrected chi connectivity index (χ1v) is 15.0. The van der Waals surface area contributed by atoms with Gasteiger partial charge < -0.3 is 34.5 Å². The second-order valence-corrected chi connectivity index (χ2v) is 13.3. The molecule has 1 heterocycles. The SMILES string of the molecule is CCN1CC2(OC(=O)c3ccccc3NC)CCC(OC)C34C1C(CC23)C1(O)CC(OC)C2CC4C1(O)C2OC. The lowest BCUT2D eigenvalue weighted by Gasteiger charge is -2.70. The van der Waals surface area contributed by atoms with E-state index in [1.807, 2.05) is 31.3 Å². The van der Waals surface area contributed by atoms with Gasteiger partial charge in [-0.2, -0.15) is 0 Å². The Hall–Kier alpha value is -1.75. The quantitative estimate of drug-likeness (QED) is 0.436. The summed E-state index contributed by atoms with van der Waals surface area (Å²) in [5, 5.41) is 28.8. The predicted molar refractivity (Wildman–Crippen MR) is 147 cm³/mol. The summed E-state index contributed by atoms with van der Waals surface area (Å²) in [5.41, 5.74) is -2.81. The minimum atomic E-state index is -1.43. The van der Waals surface area contributed by atoms with Gasteiger partial charge in [-0.3, -0.25) is 4.90 Å². The number of likely N-dealkylation sites (N-methyl/N-ethyl adjacent to an activating group) is 1. The van der Waals surface area contributed by atoms with E-state index in [1.54, 1.807) is 21.3 Å². The van der Waals surface area contributed by atoms with Crippen LogP contribution >= 0.6 is 0 Å². The number of benzene rings is 1. The summed E-state index contributed by atoms with van der Waals surface area (Å²) >= 11 is 0. The lowest BCUT2D eigenvalue weighted by Crippen LogP contribution is -2.83. The van der Waals surface area contributed by atoms with E-state index in [2.05, 4.69) is 17.1 Å². The molecule has 1 aromatic rings. The van der Waals surface area contributed by atoms with Crippen LogP contribution in [0.2, 0.25) is 0 Å². The standard InChI is InChI=1S/C31H44N2O7/c1-6-33-16-28(40-27(34)17-9-7-8-10-20(17)32-2)12-11-24(38-4)30-22(28)14-19(25(30)33)29(35)15-21(37-3)18-13-23(30)31(29,36)26(18)39-5/h7-10,18-19,21-26,32,35-36H,6,11-16H2,1-5H3. The van der Waals surface area contributed by atoms with Crippen LogP contribution in [0.25, 0.3) is 0 Å². The van der Waals surface area contributed by atoms with E-state index in [9.17, 15) is 15.0 Å². The van der Waals surface area contributed by atoms with Crippen LogP contribution in [0, 0.1) is 29.1 Å². The maximum absolute atomic E-state index is 13.9. The number of nitrogens with one attached hydrogen (secondary N) is 1. The maximum Gasteiger partial charge on any atom is 0.340 e. The Morgan fingerprint density at radius 1 is 1.10 bits per heavy atom. The summed E-state index contributed by atoms with van der Waals surface area (Å²) in [4.78, 5) is 16.3. The number of fused-ring (bicyclic) bond motifs is 2. The Kier molecular flexibility index (Phi) is 6.02. The molecule has 40 heavy (non-hydrogen) atoms. The molecule has 0 radical (unpaired) electrons. The van der Waals surface area contributed by atoms with Gasteiger partial charge in [0.2, 0.25) is 0 Å². The van der Waals surface area contributed by atoms with Crippen molar-refractivity contribution < 1.29 is 34.0 Å². The average Bonchev–Trinajstić information content (AvgIpc) is 3.39. The van der Waals surface area contributed by atoms with Crippen LogP contribution in [0.4, 0.5) is 5.69 Å². The molecule has 0 aromatic heterocycles. The molecule has 5 aliphatic carbocycles. The van der Waals surface area contributed by atoms with Crippen molar-refractivity contribution in [3.63, 3.8) is 0 Å². The number of piperidine rings is 1. The van der Waals surface area contributed by atoms with Gasteiger partial charge in [-0.1, -0.05) is 19.1 Å². The number of carbonyl (C=O) groups is 1. The average molecular weight is 557 g/mol. The number of hydrogen-bond acceptors (Lipinski definition) is 9. The molecule has 12 atom stereocenters. The van der Waals surface area contributed by atoms with Gasteiger partial charge in [-0.15, -0.1) is 0 Å². The van der Waals surface area contributed by atoms with Gasteiger partial charge in [0.15, 0.2) is 0 Å². The molecule has 12 unspecified atom stereocenters. The van der Waals surface area contributed by atoms with Gasteiger partial charge in [-0.25, -0.2) is 4.79 Å². The number of anilines is 1. The third kappa shape index (κ3) is 2.87. The van der Waals surface area contributed by atoms with Crippen LogP contribution in [0.3, 0.4) is 0 Å². The molecule has 1 aliphatic heterocycles. The number of aliphatic hydroxyl groups is 2. The zero-order valence-corrected chi connectivity index (χ0v) is 24.3. The number of esters is 1. The summed E-state index contributed by atoms with van der Waals surface area (Å²) in [6.07, 6.45) is 2.27. The van der Waals surface area contributed by atoms with Crippen molar-refractivity contribution in [3.8, 4) is 0 Å². The molecule has 1 spiro atoms. The monoisotopic (exact) mass is 556 g/mol. The number of methoxy groups -OCH3 is 3. The third-order valence-corrected chi connectivity index (χ3v) is 12.6. The van der Waals surface area contributed by atoms with Gasteiger partial charge in [0.05, 0.1) is 23.9 Å². The van der Waals surface area contributed by atoms with E-state index in [-0.39, 0.29) is 47.9 Å². The number of likely N-dealkylation sites (tertiary alicyclic amines) is 1. The van der Waals surface area contributed by atoms with Crippen molar-refractivity contribution in [2.45, 2.75) is 80.2 Å². The molecule has 7 rings (SSSR count). The van der Waals surface area contributed by atoms with Crippen molar-refractivity contribution in [2.24, 2.45) is 29.1 Å². The van der Waals surface area contributed by atoms with E-state index < -0.39 is 28.3 Å². The Bertz CT molecular complexity index is 1200. The topological polar surface area (TPSA) is 110 Å². The van der Waals surface area contributed by atoms with Crippen LogP contribution < -0.4 is 5.32 Å². The lowest BCUT2D eigenvalue weighted by molar-refractivity contribution is -0.337. The molecule has 1 saturated heterocycles. The fourth-order valence-electron chi connectivity index (χ4n) is 11.5. The highest BCUT2D eigenvalue weighted by Crippen LogP contribution is 2.79. The lowest BCUT2D eigenvalue weighted by atomic mass is 9.44. The van der Waals surface area contributed by atoms with E-state index in [0.29, 0.717) is 37.8 Å². The molecule has 5 saturated carbocycles. The van der Waals surface area contributed by atoms with E-state index in [4.69, 9.17) is 18.9 Å². The number of rotatable bonds is 7. The van der Waals surface area contributed by atoms with Gasteiger partial charge >= 0.3 is 5.97 Å². The second kappa shape index (κ2) is 8.88. The van der Waals surface area contributed by atoms with Crippen molar-refractivity contribution in [1.82, 2.24) is 4.90 Å². The number of hydrogen-bond donors (Lipinski definition) is 3. The Labute approximate surface area is 236 Å². The summed E-state index contributed by atoms with van der Waals surface area (Å²) < 4.78 is 25.1. The zero-order chi connectivity index (χ0) is 28.2. The molecule has 3 N–H and O–H groups in total. The molecule has 6 fully saturated rings. The summed E-state index contributed by atoms with van der Waals surface area (Å²) in [5.74, 6) is -0.926. The minimum absolute atomic E-state index is 0.00584. The van der Waals surface area contributed by atoms with Gasteiger partial charge in [0.1, 0.15) is 16.8 Å². The number of carbonyl (C=O) groups excluding carboxylic acids is 1. The Balaban J connectivity index is 1.40. The molecule has 1 aromatic carbocycles. The number of nitrogens with zero attached hydrogens (tertiary/aromatic N) is 1. The van der Waals surface area contributed by atoms with Crippen molar-refractivity contribution in [1.29, 1.82) is 0 Å². The van der Waals surface area contributed by atoms with Crippen molar-refractivity contribution in [3.05, 3.63) is 29.8 Å². The highest BCUT2D eigenvalue weighted by atomic mass is 16.6. The fourth-order valence-corrected chi connectivity index (χ4v) is 11.5. The normalized spacial score (nSPS) is 50.1. The van der Waals surface area contributed by atoms with E-state index in [1.165, 1.54) is 0 Å². The summed E-state index contributed by atoms with van der Waals surface area (Å²) in [6, 6.07) is 7.46. The molecule has 6 aliphatic rings. The predicted octanol–water partition coefficient (Wildman–Crippen LogP) is 2.30. The first kappa shape index (κ1) is 27.1. The van der Waals surface area contributed by atoms with Gasteiger partial charge in [0.25, 0.3) is 0 Å². The number of ether oxygens (including phenoxy) is 4. The molecule has 0 amide bonds. The molecular weight excluding hydrogens is 512 g/mol. The van der Waals surface area contributed by atoms with Crippen LogP contribution in [0.5, 0.6) is 0 Å². The van der Waals surface area contributed by atoms with Crippen LogP contribution in [-0.4, -0.2) is 104 Å². The highest BCUT2D eigenvalue weighted by Gasteiger charge is 2.89. The third-order valence-electron chi connectivity index (χ3n) is 12.6. The molecule has 9 heteroatoms. The molecule has 7 bridgehead atoms. The van der Waals surface area contributed by atoms with E-state index in [0.717, 1.165) is 18.7 Å². The van der Waals surface area contributed by atoms with Crippen LogP contribution in [0.15, 0.2) is 24.3 Å². The highest BCUT2D eigenvalue weighted by molar-refractivity contribution is 5.95. The Morgan fingerprint density at radius 3 is 2.55 bits per heavy atom. The van der Waals surface area contributed by atoms with Crippen molar-refractivity contribution >= 4 is 11.7 Å². The van der Waals surface area contributed by atoms with Crippen LogP contribution in [0.1, 0.15) is 49.4 Å². The summed E-state index contributed by atoms with van der Waals surface area (Å²) in [7, 11) is 6.93. The zero-order valence-electron chi connectivity index (χ0n) is 24.3. The Morgan fingerprint density at radius 2 is 1.88 bits per heavy atom. The second-order valence-electron chi connectivity index (χ2n) is 13.3. The largest absolute Gasteiger partial charge is 0.454 e.